The van der Waals surface area contributed by atoms with Crippen molar-refractivity contribution in [2.75, 3.05) is 4.90 Å². The van der Waals surface area contributed by atoms with Crippen LogP contribution >= 0.6 is 11.6 Å². The van der Waals surface area contributed by atoms with Gasteiger partial charge in [0.2, 0.25) is 0 Å². The number of halogens is 1. The molecule has 2 amide bonds. The summed E-state index contributed by atoms with van der Waals surface area (Å²) >= 11 is 5.91. The lowest BCUT2D eigenvalue weighted by atomic mass is 10.2. The van der Waals surface area contributed by atoms with Crippen LogP contribution in [-0.2, 0) is 9.59 Å². The number of phenolic OH excluding ortho intramolecular Hbond substituents is 1. The number of aromatic hydroxyl groups is 1. The third kappa shape index (κ3) is 1.70. The Labute approximate surface area is 103 Å². The minimum absolute atomic E-state index is 0.0146. The van der Waals surface area contributed by atoms with Gasteiger partial charge in [0.15, 0.2) is 0 Å². The highest BCUT2D eigenvalue weighted by molar-refractivity contribution is 6.39. The van der Waals surface area contributed by atoms with Gasteiger partial charge in [-0.2, -0.15) is 0 Å². The molecule has 1 N–H and O–H groups in total. The number of imide groups is 1. The average molecular weight is 252 g/mol. The number of rotatable bonds is 1. The molecule has 17 heavy (non-hydrogen) atoms. The number of nitrogens with zero attached hydrogens (tertiary/aromatic N) is 1. The van der Waals surface area contributed by atoms with Gasteiger partial charge >= 0.3 is 0 Å². The number of hydrogen-bond acceptors (Lipinski definition) is 3. The Kier molecular flexibility index (Phi) is 2.67. The number of carbonyl (C=O) groups is 2. The molecule has 1 heterocycles. The maximum Gasteiger partial charge on any atom is 0.261 e. The van der Waals surface area contributed by atoms with Crippen LogP contribution in [0.5, 0.6) is 5.75 Å². The number of benzene rings is 1. The van der Waals surface area contributed by atoms with Crippen LogP contribution in [0.15, 0.2) is 29.3 Å². The molecule has 0 unspecified atom stereocenters. The molecule has 0 spiro atoms. The van der Waals surface area contributed by atoms with E-state index in [1.54, 1.807) is 13.8 Å². The molecular weight excluding hydrogens is 242 g/mol. The third-order valence-corrected chi connectivity index (χ3v) is 3.09. The molecule has 88 valence electrons. The van der Waals surface area contributed by atoms with E-state index in [2.05, 4.69) is 0 Å². The van der Waals surface area contributed by atoms with E-state index in [1.807, 2.05) is 0 Å². The van der Waals surface area contributed by atoms with E-state index in [-0.39, 0.29) is 28.3 Å². The summed E-state index contributed by atoms with van der Waals surface area (Å²) < 4.78 is 0. The highest BCUT2D eigenvalue weighted by Crippen LogP contribution is 2.34. The van der Waals surface area contributed by atoms with Crippen molar-refractivity contribution in [2.24, 2.45) is 0 Å². The normalized spacial score (nSPS) is 16.1. The summed E-state index contributed by atoms with van der Waals surface area (Å²) in [6, 6.07) is 4.12. The Morgan fingerprint density at radius 2 is 1.65 bits per heavy atom. The summed E-state index contributed by atoms with van der Waals surface area (Å²) in [5.41, 5.74) is 1.12. The zero-order chi connectivity index (χ0) is 12.7. The van der Waals surface area contributed by atoms with Crippen LogP contribution in [0.2, 0.25) is 5.02 Å². The molecule has 0 saturated carbocycles. The van der Waals surface area contributed by atoms with Gasteiger partial charge in [0.25, 0.3) is 11.8 Å². The second-order valence-electron chi connectivity index (χ2n) is 3.83. The van der Waals surface area contributed by atoms with Crippen molar-refractivity contribution in [3.63, 3.8) is 0 Å². The van der Waals surface area contributed by atoms with Crippen molar-refractivity contribution in [2.45, 2.75) is 13.8 Å². The van der Waals surface area contributed by atoms with Gasteiger partial charge in [-0.15, -0.1) is 0 Å². The molecule has 0 bridgehead atoms. The van der Waals surface area contributed by atoms with E-state index in [0.717, 1.165) is 4.90 Å². The average Bonchev–Trinajstić information content (AvgIpc) is 2.45. The number of hydrogen-bond donors (Lipinski definition) is 1. The Morgan fingerprint density at radius 3 is 2.12 bits per heavy atom. The molecule has 0 radical (unpaired) electrons. The molecule has 4 nitrogen and oxygen atoms in total. The largest absolute Gasteiger partial charge is 0.508 e. The van der Waals surface area contributed by atoms with E-state index in [0.29, 0.717) is 11.1 Å². The molecule has 2 rings (SSSR count). The topological polar surface area (TPSA) is 57.6 Å². The van der Waals surface area contributed by atoms with Gasteiger partial charge in [0.1, 0.15) is 5.75 Å². The van der Waals surface area contributed by atoms with Gasteiger partial charge in [-0.1, -0.05) is 11.6 Å². The summed E-state index contributed by atoms with van der Waals surface area (Å²) in [7, 11) is 0. The van der Waals surface area contributed by atoms with E-state index in [1.165, 1.54) is 18.2 Å². The SMILES string of the molecule is CC1=C(C)C(=O)N(c2ccc(O)cc2Cl)C1=O. The second kappa shape index (κ2) is 3.89. The van der Waals surface area contributed by atoms with Gasteiger partial charge in [-0.25, -0.2) is 4.90 Å². The monoisotopic (exact) mass is 251 g/mol. The highest BCUT2D eigenvalue weighted by atomic mass is 35.5. The molecule has 0 fully saturated rings. The first-order valence-electron chi connectivity index (χ1n) is 4.98. The number of carbonyl (C=O) groups excluding carboxylic acids is 2. The fraction of sp³-hybridized carbons (Fsp3) is 0.167. The summed E-state index contributed by atoms with van der Waals surface area (Å²) in [6.45, 7) is 3.20. The summed E-state index contributed by atoms with van der Waals surface area (Å²) in [5, 5.41) is 9.39. The van der Waals surface area contributed by atoms with E-state index >= 15 is 0 Å². The van der Waals surface area contributed by atoms with Crippen molar-refractivity contribution in [1.29, 1.82) is 0 Å². The molecule has 1 aliphatic heterocycles. The zero-order valence-corrected chi connectivity index (χ0v) is 10.1. The van der Waals surface area contributed by atoms with Crippen molar-refractivity contribution in [3.05, 3.63) is 34.4 Å². The van der Waals surface area contributed by atoms with Crippen molar-refractivity contribution in [1.82, 2.24) is 0 Å². The van der Waals surface area contributed by atoms with Crippen LogP contribution in [0.1, 0.15) is 13.8 Å². The first-order chi connectivity index (χ1) is 7.93. The Bertz CT molecular complexity index is 539. The molecule has 0 atom stereocenters. The van der Waals surface area contributed by atoms with Crippen molar-refractivity contribution >= 4 is 29.1 Å². The molecule has 1 aromatic rings. The lowest BCUT2D eigenvalue weighted by molar-refractivity contribution is -0.120. The van der Waals surface area contributed by atoms with Crippen LogP contribution < -0.4 is 4.90 Å². The van der Waals surface area contributed by atoms with Gasteiger partial charge in [0.05, 0.1) is 10.7 Å². The van der Waals surface area contributed by atoms with E-state index in [4.69, 9.17) is 11.6 Å². The second-order valence-corrected chi connectivity index (χ2v) is 4.24. The van der Waals surface area contributed by atoms with Crippen LogP contribution in [0.4, 0.5) is 5.69 Å². The fourth-order valence-electron chi connectivity index (χ4n) is 1.64. The molecule has 1 aromatic carbocycles. The minimum Gasteiger partial charge on any atom is -0.508 e. The van der Waals surface area contributed by atoms with Crippen LogP contribution in [0.3, 0.4) is 0 Å². The maximum atomic E-state index is 11.9. The van der Waals surface area contributed by atoms with Gasteiger partial charge in [-0.05, 0) is 26.0 Å². The van der Waals surface area contributed by atoms with Crippen LogP contribution in [0, 0.1) is 0 Å². The van der Waals surface area contributed by atoms with Gasteiger partial charge in [-0.3, -0.25) is 9.59 Å². The number of phenols is 1. The predicted octanol–water partition coefficient (Wildman–Crippen LogP) is 2.26. The number of amides is 2. The minimum atomic E-state index is -0.375. The number of anilines is 1. The molecule has 0 aliphatic carbocycles. The maximum absolute atomic E-state index is 11.9. The van der Waals surface area contributed by atoms with Gasteiger partial charge < -0.3 is 5.11 Å². The summed E-state index contributed by atoms with van der Waals surface area (Å²) in [6.07, 6.45) is 0. The Morgan fingerprint density at radius 1 is 1.12 bits per heavy atom. The molecule has 0 saturated heterocycles. The van der Waals surface area contributed by atoms with E-state index < -0.39 is 0 Å². The molecule has 1 aliphatic rings. The van der Waals surface area contributed by atoms with Crippen LogP contribution in [-0.4, -0.2) is 16.9 Å². The van der Waals surface area contributed by atoms with Crippen LogP contribution in [0.25, 0.3) is 0 Å². The molecule has 0 aromatic heterocycles. The zero-order valence-electron chi connectivity index (χ0n) is 9.32. The lowest BCUT2D eigenvalue weighted by Crippen LogP contribution is -2.31. The highest BCUT2D eigenvalue weighted by Gasteiger charge is 2.35. The molecule has 5 heteroatoms. The van der Waals surface area contributed by atoms with Gasteiger partial charge in [0, 0.05) is 17.2 Å². The third-order valence-electron chi connectivity index (χ3n) is 2.78. The molecular formula is C12H10ClNO3. The van der Waals surface area contributed by atoms with Crippen molar-refractivity contribution in [3.8, 4) is 5.75 Å². The quantitative estimate of drug-likeness (QED) is 0.779. The lowest BCUT2D eigenvalue weighted by Gasteiger charge is -2.16. The first kappa shape index (κ1) is 11.7. The Balaban J connectivity index is 2.50. The standard InChI is InChI=1S/C12H10ClNO3/c1-6-7(2)12(17)14(11(6)16)10-4-3-8(15)5-9(10)13/h3-5,15H,1-2H3. The van der Waals surface area contributed by atoms with E-state index in [9.17, 15) is 14.7 Å². The summed E-state index contributed by atoms with van der Waals surface area (Å²) in [4.78, 5) is 24.8. The Hall–Kier alpha value is -1.81. The van der Waals surface area contributed by atoms with Crippen molar-refractivity contribution < 1.29 is 14.7 Å². The predicted molar refractivity (Wildman–Crippen MR) is 64.0 cm³/mol. The smallest absolute Gasteiger partial charge is 0.261 e. The fourth-order valence-corrected chi connectivity index (χ4v) is 1.90. The summed E-state index contributed by atoms with van der Waals surface area (Å²) in [5.74, 6) is -0.764. The first-order valence-corrected chi connectivity index (χ1v) is 5.36.